The van der Waals surface area contributed by atoms with Crippen LogP contribution in [0, 0.1) is 5.82 Å². The van der Waals surface area contributed by atoms with Crippen LogP contribution in [0.3, 0.4) is 0 Å². The monoisotopic (exact) mass is 453 g/mol. The van der Waals surface area contributed by atoms with Crippen LogP contribution in [-0.2, 0) is 0 Å². The summed E-state index contributed by atoms with van der Waals surface area (Å²) in [5.74, 6) is 0.569. The molecule has 1 atom stereocenters. The van der Waals surface area contributed by atoms with E-state index in [1.54, 1.807) is 28.9 Å². The molecule has 8 nitrogen and oxygen atoms in total. The smallest absolute Gasteiger partial charge is 0.345 e. The number of hydrogen-bond acceptors (Lipinski definition) is 6. The van der Waals surface area contributed by atoms with Gasteiger partial charge in [-0.1, -0.05) is 18.2 Å². The number of aromatic nitrogens is 6. The molecule has 1 aliphatic rings. The van der Waals surface area contributed by atoms with E-state index in [1.165, 1.54) is 12.3 Å². The topological polar surface area (TPSA) is 92.1 Å². The van der Waals surface area contributed by atoms with Crippen molar-refractivity contribution in [3.05, 3.63) is 94.9 Å². The fourth-order valence-electron chi connectivity index (χ4n) is 4.54. The van der Waals surface area contributed by atoms with E-state index in [9.17, 15) is 9.18 Å². The third kappa shape index (κ3) is 3.61. The highest BCUT2D eigenvalue weighted by molar-refractivity contribution is 5.64. The second-order valence-corrected chi connectivity index (χ2v) is 8.21. The molecule has 9 heteroatoms. The van der Waals surface area contributed by atoms with Crippen LogP contribution < -0.4 is 10.6 Å². The molecule has 5 aromatic rings. The van der Waals surface area contributed by atoms with Crippen LogP contribution in [0.15, 0.2) is 77.9 Å². The molecule has 0 bridgehead atoms. The van der Waals surface area contributed by atoms with Crippen molar-refractivity contribution in [1.82, 2.24) is 29.5 Å². The van der Waals surface area contributed by atoms with Crippen LogP contribution in [0.4, 0.5) is 10.2 Å². The van der Waals surface area contributed by atoms with E-state index in [0.717, 1.165) is 36.5 Å². The van der Waals surface area contributed by atoms with Gasteiger partial charge >= 0.3 is 5.69 Å². The number of nitrogens with zero attached hydrogens (tertiary/aromatic N) is 6. The molecule has 1 N–H and O–H groups in total. The third-order valence-electron chi connectivity index (χ3n) is 6.09. The molecule has 1 aliphatic heterocycles. The van der Waals surface area contributed by atoms with Crippen LogP contribution in [-0.4, -0.2) is 36.1 Å². The Balaban J connectivity index is 1.40. The SMILES string of the molecule is O=c1nccc(-c2cccc(-c3cnc4ccc(N5CCC[C@@H]5c5cccc(F)c5)nn34)n2)[nH]1. The van der Waals surface area contributed by atoms with Crippen LogP contribution in [0.5, 0.6) is 0 Å². The first-order chi connectivity index (χ1) is 16.7. The molecular weight excluding hydrogens is 433 g/mol. The molecule has 5 heterocycles. The average molecular weight is 453 g/mol. The first-order valence-electron chi connectivity index (χ1n) is 11.1. The fraction of sp³-hybridized carbons (Fsp3) is 0.160. The quantitative estimate of drug-likeness (QED) is 0.442. The predicted molar refractivity (Wildman–Crippen MR) is 126 cm³/mol. The lowest BCUT2D eigenvalue weighted by molar-refractivity contribution is 0.617. The lowest BCUT2D eigenvalue weighted by Gasteiger charge is -2.26. The van der Waals surface area contributed by atoms with Gasteiger partial charge in [-0.3, -0.25) is 0 Å². The normalized spacial score (nSPS) is 15.8. The number of anilines is 1. The maximum absolute atomic E-state index is 13.9. The Morgan fingerprint density at radius 2 is 1.88 bits per heavy atom. The number of rotatable bonds is 4. The first kappa shape index (κ1) is 20.2. The number of halogens is 1. The lowest BCUT2D eigenvalue weighted by atomic mass is 10.0. The second kappa shape index (κ2) is 8.18. The van der Waals surface area contributed by atoms with Crippen LogP contribution in [0.25, 0.3) is 28.4 Å². The summed E-state index contributed by atoms with van der Waals surface area (Å²) in [6.45, 7) is 0.840. The van der Waals surface area contributed by atoms with Crippen LogP contribution >= 0.6 is 0 Å². The Bertz CT molecular complexity index is 1560. The minimum atomic E-state index is -0.427. The van der Waals surface area contributed by atoms with E-state index in [2.05, 4.69) is 19.9 Å². The van der Waals surface area contributed by atoms with Gasteiger partial charge in [-0.2, -0.15) is 0 Å². The van der Waals surface area contributed by atoms with E-state index >= 15 is 0 Å². The molecule has 0 unspecified atom stereocenters. The van der Waals surface area contributed by atoms with Gasteiger partial charge in [0.15, 0.2) is 5.65 Å². The van der Waals surface area contributed by atoms with Gasteiger partial charge in [-0.25, -0.2) is 28.7 Å². The summed E-state index contributed by atoms with van der Waals surface area (Å²) in [5, 5.41) is 4.89. The van der Waals surface area contributed by atoms with E-state index in [-0.39, 0.29) is 11.9 Å². The molecule has 6 rings (SSSR count). The number of H-pyrrole nitrogens is 1. The molecule has 0 aliphatic carbocycles. The summed E-state index contributed by atoms with van der Waals surface area (Å²) in [4.78, 5) is 29.4. The average Bonchev–Trinajstić information content (AvgIpc) is 3.51. The molecular formula is C25H20FN7O. The van der Waals surface area contributed by atoms with E-state index in [0.29, 0.717) is 22.7 Å². The Morgan fingerprint density at radius 3 is 2.76 bits per heavy atom. The number of nitrogens with one attached hydrogen (secondary N) is 1. The highest BCUT2D eigenvalue weighted by atomic mass is 19.1. The Morgan fingerprint density at radius 1 is 1.00 bits per heavy atom. The maximum Gasteiger partial charge on any atom is 0.345 e. The zero-order chi connectivity index (χ0) is 23.1. The molecule has 34 heavy (non-hydrogen) atoms. The minimum absolute atomic E-state index is 0.0672. The standard InChI is InChI=1S/C25H20FN7O/c26-17-5-1-4-16(14-17)21-8-3-13-32(21)24-10-9-23-28-15-22(33(23)31-24)20-7-2-6-18(29-20)19-11-12-27-25(34)30-19/h1-2,4-7,9-12,14-15,21H,3,8,13H2,(H,27,30,34)/t21-/m1/s1. The number of pyridine rings is 1. The van der Waals surface area contributed by atoms with Gasteiger partial charge in [-0.15, -0.1) is 5.10 Å². The van der Waals surface area contributed by atoms with Crippen molar-refractivity contribution in [2.75, 3.05) is 11.4 Å². The minimum Gasteiger partial charge on any atom is -0.348 e. The van der Waals surface area contributed by atoms with E-state index < -0.39 is 5.69 Å². The summed E-state index contributed by atoms with van der Waals surface area (Å²) >= 11 is 0. The molecule has 0 amide bonds. The van der Waals surface area contributed by atoms with Crippen molar-refractivity contribution in [3.8, 4) is 22.8 Å². The number of imidazole rings is 1. The third-order valence-corrected chi connectivity index (χ3v) is 6.09. The van der Waals surface area contributed by atoms with Crippen molar-refractivity contribution >= 4 is 11.5 Å². The molecule has 0 saturated carbocycles. The number of fused-ring (bicyclic) bond motifs is 1. The second-order valence-electron chi connectivity index (χ2n) is 8.21. The van der Waals surface area contributed by atoms with E-state index in [1.807, 2.05) is 36.4 Å². The first-order valence-corrected chi connectivity index (χ1v) is 11.1. The van der Waals surface area contributed by atoms with Crippen LogP contribution in [0.2, 0.25) is 0 Å². The van der Waals surface area contributed by atoms with Gasteiger partial charge in [-0.05, 0) is 60.9 Å². The molecule has 1 fully saturated rings. The summed E-state index contributed by atoms with van der Waals surface area (Å²) in [5.41, 5.74) is 3.83. The summed E-state index contributed by atoms with van der Waals surface area (Å²) in [6.07, 6.45) is 5.14. The van der Waals surface area contributed by atoms with E-state index in [4.69, 9.17) is 10.1 Å². The zero-order valence-electron chi connectivity index (χ0n) is 18.1. The Labute approximate surface area is 193 Å². The molecule has 0 radical (unpaired) electrons. The van der Waals surface area contributed by atoms with Gasteiger partial charge in [0.05, 0.1) is 29.3 Å². The van der Waals surface area contributed by atoms with Crippen molar-refractivity contribution in [2.24, 2.45) is 0 Å². The van der Waals surface area contributed by atoms with Crippen molar-refractivity contribution in [2.45, 2.75) is 18.9 Å². The van der Waals surface area contributed by atoms with Gasteiger partial charge in [0, 0.05) is 12.7 Å². The van der Waals surface area contributed by atoms with Gasteiger partial charge in [0.25, 0.3) is 0 Å². The molecule has 1 saturated heterocycles. The van der Waals surface area contributed by atoms with Gasteiger partial charge in [0.2, 0.25) is 0 Å². The van der Waals surface area contributed by atoms with Gasteiger partial charge in [0.1, 0.15) is 17.3 Å². The number of hydrogen-bond donors (Lipinski definition) is 1. The molecule has 0 spiro atoms. The summed E-state index contributed by atoms with van der Waals surface area (Å²) in [7, 11) is 0. The Kier molecular flexibility index (Phi) is 4.87. The predicted octanol–water partition coefficient (Wildman–Crippen LogP) is 4.02. The highest BCUT2D eigenvalue weighted by Crippen LogP contribution is 2.35. The fourth-order valence-corrected chi connectivity index (χ4v) is 4.54. The number of aromatic amines is 1. The van der Waals surface area contributed by atoms with Crippen molar-refractivity contribution in [3.63, 3.8) is 0 Å². The maximum atomic E-state index is 13.9. The zero-order valence-corrected chi connectivity index (χ0v) is 18.1. The molecule has 168 valence electrons. The van der Waals surface area contributed by atoms with Gasteiger partial charge < -0.3 is 9.88 Å². The van der Waals surface area contributed by atoms with Crippen molar-refractivity contribution in [1.29, 1.82) is 0 Å². The van der Waals surface area contributed by atoms with Crippen molar-refractivity contribution < 1.29 is 4.39 Å². The number of benzene rings is 1. The largest absolute Gasteiger partial charge is 0.348 e. The van der Waals surface area contributed by atoms with Crippen LogP contribution in [0.1, 0.15) is 24.4 Å². The molecule has 4 aromatic heterocycles. The summed E-state index contributed by atoms with van der Waals surface area (Å²) in [6, 6.07) is 18.0. The Hall–Kier alpha value is -4.40. The highest BCUT2D eigenvalue weighted by Gasteiger charge is 2.28. The molecule has 1 aromatic carbocycles. The summed E-state index contributed by atoms with van der Waals surface area (Å²) < 4.78 is 15.6. The lowest BCUT2D eigenvalue weighted by Crippen LogP contribution is -2.24.